The fourth-order valence-electron chi connectivity index (χ4n) is 4.37. The molecule has 7 nitrogen and oxygen atoms in total. The lowest BCUT2D eigenvalue weighted by atomic mass is 9.89. The van der Waals surface area contributed by atoms with Gasteiger partial charge in [-0.2, -0.15) is 10.2 Å². The van der Waals surface area contributed by atoms with Crippen molar-refractivity contribution in [2.45, 2.75) is 51.9 Å². The number of fused-ring (bicyclic) bond motifs is 1. The summed E-state index contributed by atoms with van der Waals surface area (Å²) >= 11 is 0. The first-order chi connectivity index (χ1) is 14.0. The maximum atomic E-state index is 12.8. The Labute approximate surface area is 169 Å². The summed E-state index contributed by atoms with van der Waals surface area (Å²) < 4.78 is 7.99. The average Bonchev–Trinajstić information content (AvgIpc) is 3.25. The molecule has 7 heteroatoms. The molecule has 0 unspecified atom stereocenters. The van der Waals surface area contributed by atoms with Gasteiger partial charge in [-0.05, 0) is 38.3 Å². The zero-order chi connectivity index (χ0) is 20.7. The van der Waals surface area contributed by atoms with Gasteiger partial charge in [0.2, 0.25) is 5.71 Å². The molecule has 0 radical (unpaired) electrons. The molecule has 0 spiro atoms. The van der Waals surface area contributed by atoms with Crippen molar-refractivity contribution in [2.24, 2.45) is 7.05 Å². The van der Waals surface area contributed by atoms with E-state index >= 15 is 0 Å². The number of carbonyl (C=O) groups excluding carboxylic acids is 2. The molecule has 2 aromatic heterocycles. The van der Waals surface area contributed by atoms with Crippen LogP contribution < -0.4 is 0 Å². The van der Waals surface area contributed by atoms with Crippen molar-refractivity contribution in [1.82, 2.24) is 14.5 Å². The van der Waals surface area contributed by atoms with Crippen LogP contribution in [-0.4, -0.2) is 32.8 Å². The van der Waals surface area contributed by atoms with E-state index < -0.39 is 11.8 Å². The number of imidazole rings is 1. The molecule has 0 aromatic carbocycles. The molecule has 2 aromatic rings. The summed E-state index contributed by atoms with van der Waals surface area (Å²) in [6.45, 7) is 3.54. The van der Waals surface area contributed by atoms with E-state index in [2.05, 4.69) is 4.57 Å². The van der Waals surface area contributed by atoms with Crippen molar-refractivity contribution in [3.8, 4) is 6.07 Å². The zero-order valence-electron chi connectivity index (χ0n) is 17.0. The summed E-state index contributed by atoms with van der Waals surface area (Å²) in [7, 11) is 1.99. The predicted octanol–water partition coefficient (Wildman–Crippen LogP) is 3.83. The second-order valence-corrected chi connectivity index (χ2v) is 7.73. The van der Waals surface area contributed by atoms with Gasteiger partial charge in [0.05, 0.1) is 0 Å². The largest absolute Gasteiger partial charge is 0.437 e. The van der Waals surface area contributed by atoms with Gasteiger partial charge >= 0.3 is 0 Å². The number of hydrogen-bond acceptors (Lipinski definition) is 5. The predicted molar refractivity (Wildman–Crippen MR) is 107 cm³/mol. The minimum Gasteiger partial charge on any atom is -0.437 e. The summed E-state index contributed by atoms with van der Waals surface area (Å²) in [6, 6.07) is 3.79. The number of furan rings is 1. The molecule has 3 heterocycles. The van der Waals surface area contributed by atoms with E-state index in [1.54, 1.807) is 19.9 Å². The summed E-state index contributed by atoms with van der Waals surface area (Å²) in [6.07, 6.45) is 7.67. The molecule has 0 N–H and O–H groups in total. The van der Waals surface area contributed by atoms with E-state index in [1.807, 2.05) is 19.2 Å². The molecule has 0 saturated heterocycles. The maximum absolute atomic E-state index is 12.8. The first kappa shape index (κ1) is 19.2. The number of nitrogens with zero attached hydrogens (tertiary/aromatic N) is 4. The van der Waals surface area contributed by atoms with Gasteiger partial charge in [0, 0.05) is 31.1 Å². The number of likely N-dealkylation sites (N-methyl/N-ethyl adjacent to an activating group) is 1. The van der Waals surface area contributed by atoms with Crippen LogP contribution in [0, 0.1) is 11.3 Å². The van der Waals surface area contributed by atoms with Gasteiger partial charge in [-0.15, -0.1) is 0 Å². The highest BCUT2D eigenvalue weighted by molar-refractivity contribution is 6.19. The van der Waals surface area contributed by atoms with Crippen molar-refractivity contribution in [3.63, 3.8) is 0 Å². The van der Waals surface area contributed by atoms with Crippen LogP contribution >= 0.6 is 0 Å². The summed E-state index contributed by atoms with van der Waals surface area (Å²) in [5.74, 6) is 1.05. The number of amides is 2. The number of imide groups is 1. The molecule has 1 fully saturated rings. The van der Waals surface area contributed by atoms with Crippen LogP contribution in [0.2, 0.25) is 0 Å². The molecular formula is C22H24N4O3. The average molecular weight is 392 g/mol. The highest BCUT2D eigenvalue weighted by Crippen LogP contribution is 2.35. The van der Waals surface area contributed by atoms with Crippen molar-refractivity contribution in [1.29, 1.82) is 5.26 Å². The Morgan fingerprint density at radius 1 is 1.28 bits per heavy atom. The standard InChI is InChI=1S/C22H24N4O3/c1-4-26-21(27)16(13(2)17(12-23)22(26)28)10-15-11-18-20(29-15)24-19(25(18)3)14-8-6-5-7-9-14/h10-11,14H,4-9H2,1-3H3/b16-10-. The lowest BCUT2D eigenvalue weighted by Gasteiger charge is -2.25. The summed E-state index contributed by atoms with van der Waals surface area (Å²) in [5, 5.41) is 9.36. The molecule has 29 heavy (non-hydrogen) atoms. The lowest BCUT2D eigenvalue weighted by Crippen LogP contribution is -2.42. The summed E-state index contributed by atoms with van der Waals surface area (Å²) in [4.78, 5) is 30.9. The third-order valence-corrected chi connectivity index (χ3v) is 6.03. The minimum absolute atomic E-state index is 0.00785. The van der Waals surface area contributed by atoms with E-state index in [1.165, 1.54) is 19.3 Å². The molecule has 0 atom stereocenters. The van der Waals surface area contributed by atoms with Crippen molar-refractivity contribution >= 4 is 29.1 Å². The van der Waals surface area contributed by atoms with Gasteiger partial charge in [0.25, 0.3) is 11.8 Å². The van der Waals surface area contributed by atoms with E-state index in [4.69, 9.17) is 9.40 Å². The van der Waals surface area contributed by atoms with E-state index in [0.29, 0.717) is 28.5 Å². The Hall–Kier alpha value is -3.14. The Bertz CT molecular complexity index is 1100. The van der Waals surface area contributed by atoms with Crippen LogP contribution in [0.4, 0.5) is 0 Å². The molecule has 1 aliphatic carbocycles. The fraction of sp³-hybridized carbons (Fsp3) is 0.455. The number of aryl methyl sites for hydroxylation is 1. The molecule has 4 rings (SSSR count). The second kappa shape index (κ2) is 7.36. The first-order valence-electron chi connectivity index (χ1n) is 10.1. The van der Waals surface area contributed by atoms with E-state index in [0.717, 1.165) is 29.1 Å². The quantitative estimate of drug-likeness (QED) is 0.585. The van der Waals surface area contributed by atoms with Crippen LogP contribution in [0.25, 0.3) is 17.3 Å². The third kappa shape index (κ3) is 3.09. The number of aromatic nitrogens is 2. The van der Waals surface area contributed by atoms with Crippen LogP contribution in [0.15, 0.2) is 27.2 Å². The van der Waals surface area contributed by atoms with E-state index in [-0.39, 0.29) is 12.1 Å². The molecular weight excluding hydrogens is 368 g/mol. The second-order valence-electron chi connectivity index (χ2n) is 7.73. The SMILES string of the molecule is CCN1C(=O)C(C#N)=C(C)/C(=C/c2cc3c(nc(C4CCCCC4)n3C)o2)C1=O. The molecule has 1 aliphatic heterocycles. The van der Waals surface area contributed by atoms with Crippen LogP contribution in [0.5, 0.6) is 0 Å². The number of hydrogen-bond donors (Lipinski definition) is 0. The van der Waals surface area contributed by atoms with Crippen LogP contribution in [-0.2, 0) is 16.6 Å². The van der Waals surface area contributed by atoms with Gasteiger partial charge in [0.15, 0.2) is 0 Å². The zero-order valence-corrected chi connectivity index (χ0v) is 17.0. The highest BCUT2D eigenvalue weighted by Gasteiger charge is 2.34. The third-order valence-electron chi connectivity index (χ3n) is 6.03. The van der Waals surface area contributed by atoms with Gasteiger partial charge in [0.1, 0.15) is 28.7 Å². The monoisotopic (exact) mass is 392 g/mol. The van der Waals surface area contributed by atoms with Gasteiger partial charge in [-0.3, -0.25) is 14.5 Å². The Balaban J connectivity index is 1.74. The van der Waals surface area contributed by atoms with Crippen LogP contribution in [0.1, 0.15) is 63.5 Å². The minimum atomic E-state index is -0.543. The summed E-state index contributed by atoms with van der Waals surface area (Å²) in [5.41, 5.74) is 2.10. The Morgan fingerprint density at radius 3 is 2.62 bits per heavy atom. The van der Waals surface area contributed by atoms with Crippen molar-refractivity contribution in [3.05, 3.63) is 34.4 Å². The molecule has 0 bridgehead atoms. The van der Waals surface area contributed by atoms with Crippen molar-refractivity contribution < 1.29 is 14.0 Å². The molecule has 150 valence electrons. The molecule has 2 aliphatic rings. The molecule has 2 amide bonds. The molecule has 1 saturated carbocycles. The normalized spacial score (nSPS) is 20.2. The number of nitriles is 1. The number of rotatable bonds is 3. The highest BCUT2D eigenvalue weighted by atomic mass is 16.3. The van der Waals surface area contributed by atoms with Crippen molar-refractivity contribution in [2.75, 3.05) is 6.54 Å². The topological polar surface area (TPSA) is 92.1 Å². The van der Waals surface area contributed by atoms with Gasteiger partial charge in [-0.25, -0.2) is 0 Å². The van der Waals surface area contributed by atoms with Crippen LogP contribution in [0.3, 0.4) is 0 Å². The fourth-order valence-corrected chi connectivity index (χ4v) is 4.37. The smallest absolute Gasteiger partial charge is 0.271 e. The first-order valence-corrected chi connectivity index (χ1v) is 10.1. The van der Waals surface area contributed by atoms with E-state index in [9.17, 15) is 14.9 Å². The van der Waals surface area contributed by atoms with Gasteiger partial charge < -0.3 is 8.98 Å². The lowest BCUT2D eigenvalue weighted by molar-refractivity contribution is -0.140. The Morgan fingerprint density at radius 2 is 2.00 bits per heavy atom. The number of carbonyl (C=O) groups is 2. The maximum Gasteiger partial charge on any atom is 0.271 e. The van der Waals surface area contributed by atoms with Gasteiger partial charge in [-0.1, -0.05) is 19.3 Å². The Kier molecular flexibility index (Phi) is 4.87.